The second-order valence-electron chi connectivity index (χ2n) is 3.25. The molecule has 2 aromatic rings. The molecule has 14 heavy (non-hydrogen) atoms. The number of thiophene rings is 1. The zero-order valence-electron chi connectivity index (χ0n) is 8.01. The van der Waals surface area contributed by atoms with Crippen LogP contribution < -0.4 is 5.32 Å². The van der Waals surface area contributed by atoms with Crippen LogP contribution in [0.3, 0.4) is 0 Å². The summed E-state index contributed by atoms with van der Waals surface area (Å²) in [5, 5.41) is 4.51. The van der Waals surface area contributed by atoms with Crippen LogP contribution in [0.5, 0.6) is 0 Å². The molecule has 74 valence electrons. The Balaban J connectivity index is 2.32. The van der Waals surface area contributed by atoms with Crippen LogP contribution in [-0.2, 0) is 6.42 Å². The molecule has 1 aromatic heterocycles. The maximum atomic E-state index is 3.49. The van der Waals surface area contributed by atoms with Gasteiger partial charge in [-0.1, -0.05) is 15.9 Å². The SMILES string of the molecule is CNCCc1cc2cc(Br)ccc2s1. The van der Waals surface area contributed by atoms with Gasteiger partial charge in [0, 0.05) is 14.0 Å². The van der Waals surface area contributed by atoms with Crippen LogP contribution in [0, 0.1) is 0 Å². The molecular weight excluding hydrogens is 258 g/mol. The molecule has 1 nitrogen and oxygen atoms in total. The van der Waals surface area contributed by atoms with E-state index in [-0.39, 0.29) is 0 Å². The maximum absolute atomic E-state index is 3.49. The van der Waals surface area contributed by atoms with Crippen LogP contribution in [0.15, 0.2) is 28.7 Å². The highest BCUT2D eigenvalue weighted by molar-refractivity contribution is 9.10. The van der Waals surface area contributed by atoms with Crippen molar-refractivity contribution < 1.29 is 0 Å². The predicted octanol–water partition coefficient (Wildman–Crippen LogP) is 3.43. The number of benzene rings is 1. The zero-order valence-corrected chi connectivity index (χ0v) is 10.4. The first-order chi connectivity index (χ1) is 6.79. The van der Waals surface area contributed by atoms with E-state index in [1.54, 1.807) is 0 Å². The van der Waals surface area contributed by atoms with Gasteiger partial charge >= 0.3 is 0 Å². The minimum Gasteiger partial charge on any atom is -0.319 e. The Morgan fingerprint density at radius 2 is 2.21 bits per heavy atom. The number of hydrogen-bond acceptors (Lipinski definition) is 2. The van der Waals surface area contributed by atoms with Crippen LogP contribution in [0.25, 0.3) is 10.1 Å². The van der Waals surface area contributed by atoms with Crippen molar-refractivity contribution in [2.75, 3.05) is 13.6 Å². The smallest absolute Gasteiger partial charge is 0.0346 e. The number of hydrogen-bond donors (Lipinski definition) is 1. The summed E-state index contributed by atoms with van der Waals surface area (Å²) in [4.78, 5) is 1.45. The Bertz CT molecular complexity index is 436. The van der Waals surface area contributed by atoms with Gasteiger partial charge in [0.25, 0.3) is 0 Å². The van der Waals surface area contributed by atoms with Crippen LogP contribution in [0.1, 0.15) is 4.88 Å². The zero-order chi connectivity index (χ0) is 9.97. The maximum Gasteiger partial charge on any atom is 0.0346 e. The molecule has 0 radical (unpaired) electrons. The Morgan fingerprint density at radius 3 is 3.00 bits per heavy atom. The fraction of sp³-hybridized carbons (Fsp3) is 0.273. The first-order valence-electron chi connectivity index (χ1n) is 4.62. The van der Waals surface area contributed by atoms with E-state index in [2.05, 4.69) is 45.5 Å². The van der Waals surface area contributed by atoms with Crippen molar-refractivity contribution in [3.63, 3.8) is 0 Å². The van der Waals surface area contributed by atoms with Crippen LogP contribution >= 0.6 is 27.3 Å². The Hall–Kier alpha value is -0.380. The van der Waals surface area contributed by atoms with Gasteiger partial charge in [0.05, 0.1) is 0 Å². The third kappa shape index (κ3) is 2.16. The van der Waals surface area contributed by atoms with Gasteiger partial charge < -0.3 is 5.32 Å². The van der Waals surface area contributed by atoms with E-state index < -0.39 is 0 Å². The number of rotatable bonds is 3. The van der Waals surface area contributed by atoms with Gasteiger partial charge in [0.1, 0.15) is 0 Å². The summed E-state index contributed by atoms with van der Waals surface area (Å²) < 4.78 is 2.53. The van der Waals surface area contributed by atoms with E-state index in [0.717, 1.165) is 17.4 Å². The average Bonchev–Trinajstić information content (AvgIpc) is 2.56. The van der Waals surface area contributed by atoms with Gasteiger partial charge in [0.2, 0.25) is 0 Å². The molecular formula is C11H12BrNS. The molecule has 0 amide bonds. The molecule has 0 aliphatic rings. The average molecular weight is 270 g/mol. The standard InChI is InChI=1S/C11H12BrNS/c1-13-5-4-10-7-8-6-9(12)2-3-11(8)14-10/h2-3,6-7,13H,4-5H2,1H3. The van der Waals surface area contributed by atoms with E-state index in [4.69, 9.17) is 0 Å². The second-order valence-corrected chi connectivity index (χ2v) is 5.33. The molecule has 0 unspecified atom stereocenters. The molecule has 0 aliphatic heterocycles. The molecule has 0 bridgehead atoms. The van der Waals surface area contributed by atoms with Gasteiger partial charge in [-0.3, -0.25) is 0 Å². The van der Waals surface area contributed by atoms with Crippen molar-refractivity contribution in [1.29, 1.82) is 0 Å². The highest BCUT2D eigenvalue weighted by atomic mass is 79.9. The highest BCUT2D eigenvalue weighted by Gasteiger charge is 2.01. The first-order valence-corrected chi connectivity index (χ1v) is 6.23. The molecule has 0 saturated carbocycles. The van der Waals surface area contributed by atoms with Crippen molar-refractivity contribution in [3.05, 3.63) is 33.6 Å². The first kappa shape index (κ1) is 10.1. The van der Waals surface area contributed by atoms with Gasteiger partial charge in [-0.25, -0.2) is 0 Å². The summed E-state index contributed by atoms with van der Waals surface area (Å²) in [6.45, 7) is 1.05. The van der Waals surface area contributed by atoms with E-state index in [1.165, 1.54) is 15.0 Å². The minimum absolute atomic E-state index is 1.05. The van der Waals surface area contributed by atoms with Gasteiger partial charge in [-0.2, -0.15) is 0 Å². The lowest BCUT2D eigenvalue weighted by Gasteiger charge is -1.93. The topological polar surface area (TPSA) is 12.0 Å². The summed E-state index contributed by atoms with van der Waals surface area (Å²) in [7, 11) is 1.99. The number of fused-ring (bicyclic) bond motifs is 1. The lowest BCUT2D eigenvalue weighted by Crippen LogP contribution is -2.09. The highest BCUT2D eigenvalue weighted by Crippen LogP contribution is 2.28. The van der Waals surface area contributed by atoms with Crippen molar-refractivity contribution in [3.8, 4) is 0 Å². The van der Waals surface area contributed by atoms with E-state index in [1.807, 2.05) is 18.4 Å². The fourth-order valence-electron chi connectivity index (χ4n) is 1.44. The number of halogens is 1. The Labute approximate surface area is 96.3 Å². The summed E-state index contributed by atoms with van der Waals surface area (Å²) in [6, 6.07) is 8.73. The molecule has 0 aliphatic carbocycles. The Morgan fingerprint density at radius 1 is 1.36 bits per heavy atom. The minimum atomic E-state index is 1.05. The van der Waals surface area contributed by atoms with Gasteiger partial charge in [-0.15, -0.1) is 11.3 Å². The van der Waals surface area contributed by atoms with Crippen molar-refractivity contribution in [2.24, 2.45) is 0 Å². The molecule has 0 spiro atoms. The van der Waals surface area contributed by atoms with Gasteiger partial charge in [-0.05, 0) is 49.7 Å². The van der Waals surface area contributed by atoms with Crippen molar-refractivity contribution >= 4 is 37.4 Å². The summed E-state index contributed by atoms with van der Waals surface area (Å²) >= 11 is 5.37. The predicted molar refractivity (Wildman–Crippen MR) is 67.2 cm³/mol. The molecule has 1 aromatic carbocycles. The van der Waals surface area contributed by atoms with Crippen LogP contribution in [0.4, 0.5) is 0 Å². The van der Waals surface area contributed by atoms with E-state index in [9.17, 15) is 0 Å². The molecule has 0 saturated heterocycles. The van der Waals surface area contributed by atoms with Crippen molar-refractivity contribution in [1.82, 2.24) is 5.32 Å². The second kappa shape index (κ2) is 4.43. The molecule has 3 heteroatoms. The Kier molecular flexibility index (Phi) is 3.21. The van der Waals surface area contributed by atoms with Crippen molar-refractivity contribution in [2.45, 2.75) is 6.42 Å². The monoisotopic (exact) mass is 269 g/mol. The van der Waals surface area contributed by atoms with E-state index in [0.29, 0.717) is 0 Å². The molecule has 1 N–H and O–H groups in total. The molecule has 0 atom stereocenters. The van der Waals surface area contributed by atoms with E-state index >= 15 is 0 Å². The largest absolute Gasteiger partial charge is 0.319 e. The van der Waals surface area contributed by atoms with Crippen LogP contribution in [0.2, 0.25) is 0 Å². The summed E-state index contributed by atoms with van der Waals surface area (Å²) in [5.74, 6) is 0. The van der Waals surface area contributed by atoms with Crippen LogP contribution in [-0.4, -0.2) is 13.6 Å². The summed E-state index contributed by atoms with van der Waals surface area (Å²) in [5.41, 5.74) is 0. The third-order valence-corrected chi connectivity index (χ3v) is 3.82. The lowest BCUT2D eigenvalue weighted by molar-refractivity contribution is 0.799. The fourth-order valence-corrected chi connectivity index (χ4v) is 2.86. The lowest BCUT2D eigenvalue weighted by atomic mass is 10.2. The normalized spacial score (nSPS) is 11.0. The quantitative estimate of drug-likeness (QED) is 0.901. The molecule has 0 fully saturated rings. The summed E-state index contributed by atoms with van der Waals surface area (Å²) in [6.07, 6.45) is 1.12. The number of likely N-dealkylation sites (N-methyl/N-ethyl adjacent to an activating group) is 1. The molecule has 2 rings (SSSR count). The third-order valence-electron chi connectivity index (χ3n) is 2.15. The number of nitrogens with one attached hydrogen (secondary N) is 1. The molecule has 1 heterocycles. The van der Waals surface area contributed by atoms with Gasteiger partial charge in [0.15, 0.2) is 0 Å².